The summed E-state index contributed by atoms with van der Waals surface area (Å²) in [5, 5.41) is 8.21. The van der Waals surface area contributed by atoms with Crippen molar-refractivity contribution in [2.45, 2.75) is 19.8 Å². The standard InChI is InChI=1S/C15H20N4O2S/c1-2-22(20,21)18-9-8-13(11-18)10-15-17-16-12-19(15)14-6-4-3-5-7-14/h3-7,12-13H,2,8-11H2,1H3. The van der Waals surface area contributed by atoms with Crippen LogP contribution in [0, 0.1) is 5.92 Å². The Morgan fingerprint density at radius 2 is 2.05 bits per heavy atom. The van der Waals surface area contributed by atoms with E-state index in [0.29, 0.717) is 19.0 Å². The molecule has 0 N–H and O–H groups in total. The lowest BCUT2D eigenvalue weighted by Gasteiger charge is -2.15. The predicted molar refractivity (Wildman–Crippen MR) is 84.2 cm³/mol. The van der Waals surface area contributed by atoms with Gasteiger partial charge < -0.3 is 0 Å². The fourth-order valence-corrected chi connectivity index (χ4v) is 4.05. The normalized spacial score (nSPS) is 19.6. The Morgan fingerprint density at radius 3 is 2.77 bits per heavy atom. The van der Waals surface area contributed by atoms with E-state index in [1.165, 1.54) is 0 Å². The molecule has 1 unspecified atom stereocenters. The molecule has 22 heavy (non-hydrogen) atoms. The molecule has 0 aliphatic carbocycles. The molecule has 7 heteroatoms. The summed E-state index contributed by atoms with van der Waals surface area (Å²) in [5.41, 5.74) is 1.03. The number of hydrogen-bond acceptors (Lipinski definition) is 4. The number of sulfonamides is 1. The molecule has 3 rings (SSSR count). The van der Waals surface area contributed by atoms with Gasteiger partial charge in [-0.2, -0.15) is 0 Å². The summed E-state index contributed by atoms with van der Waals surface area (Å²) in [6.07, 6.45) is 3.33. The van der Waals surface area contributed by atoms with Crippen LogP contribution in [-0.4, -0.2) is 46.3 Å². The molecule has 0 radical (unpaired) electrons. The number of para-hydroxylation sites is 1. The van der Waals surface area contributed by atoms with Gasteiger partial charge in [0, 0.05) is 25.2 Å². The van der Waals surface area contributed by atoms with Crippen molar-refractivity contribution < 1.29 is 8.42 Å². The zero-order valence-electron chi connectivity index (χ0n) is 12.6. The maximum Gasteiger partial charge on any atom is 0.213 e. The molecule has 1 aromatic carbocycles. The minimum atomic E-state index is -3.08. The highest BCUT2D eigenvalue weighted by Crippen LogP contribution is 2.23. The number of aromatic nitrogens is 3. The first kappa shape index (κ1) is 15.2. The number of hydrogen-bond donors (Lipinski definition) is 0. The minimum Gasteiger partial charge on any atom is -0.286 e. The van der Waals surface area contributed by atoms with Gasteiger partial charge in [0.25, 0.3) is 0 Å². The van der Waals surface area contributed by atoms with Crippen molar-refractivity contribution in [2.75, 3.05) is 18.8 Å². The fraction of sp³-hybridized carbons (Fsp3) is 0.467. The van der Waals surface area contributed by atoms with Crippen LogP contribution in [0.1, 0.15) is 19.2 Å². The average molecular weight is 320 g/mol. The highest BCUT2D eigenvalue weighted by molar-refractivity contribution is 7.89. The van der Waals surface area contributed by atoms with Gasteiger partial charge >= 0.3 is 0 Å². The largest absolute Gasteiger partial charge is 0.286 e. The average Bonchev–Trinajstić information content (AvgIpc) is 3.18. The van der Waals surface area contributed by atoms with Crippen molar-refractivity contribution in [1.29, 1.82) is 0 Å². The van der Waals surface area contributed by atoms with Crippen molar-refractivity contribution >= 4 is 10.0 Å². The number of benzene rings is 1. The molecule has 0 amide bonds. The van der Waals surface area contributed by atoms with Gasteiger partial charge in [-0.1, -0.05) is 18.2 Å². The Kier molecular flexibility index (Phi) is 4.26. The van der Waals surface area contributed by atoms with E-state index in [9.17, 15) is 8.42 Å². The predicted octanol–water partition coefficient (Wildman–Crippen LogP) is 1.48. The highest BCUT2D eigenvalue weighted by atomic mass is 32.2. The van der Waals surface area contributed by atoms with E-state index in [4.69, 9.17) is 0 Å². The van der Waals surface area contributed by atoms with Crippen LogP contribution in [0.3, 0.4) is 0 Å². The molecule has 1 fully saturated rings. The monoisotopic (exact) mass is 320 g/mol. The molecule has 118 valence electrons. The summed E-state index contributed by atoms with van der Waals surface area (Å²) in [6.45, 7) is 2.88. The molecule has 0 spiro atoms. The van der Waals surface area contributed by atoms with Gasteiger partial charge in [-0.3, -0.25) is 4.57 Å². The van der Waals surface area contributed by atoms with Gasteiger partial charge in [0.15, 0.2) is 0 Å². The van der Waals surface area contributed by atoms with Crippen LogP contribution in [0.25, 0.3) is 5.69 Å². The van der Waals surface area contributed by atoms with Crippen LogP contribution in [-0.2, 0) is 16.4 Å². The Balaban J connectivity index is 1.72. The molecule has 1 aliphatic rings. The molecule has 0 bridgehead atoms. The van der Waals surface area contributed by atoms with E-state index in [-0.39, 0.29) is 5.75 Å². The smallest absolute Gasteiger partial charge is 0.213 e. The SMILES string of the molecule is CCS(=O)(=O)N1CCC(Cc2nncn2-c2ccccc2)C1. The van der Waals surface area contributed by atoms with Crippen molar-refractivity contribution in [1.82, 2.24) is 19.1 Å². The van der Waals surface area contributed by atoms with Gasteiger partial charge in [-0.15, -0.1) is 10.2 Å². The molecule has 2 aromatic rings. The van der Waals surface area contributed by atoms with E-state index in [2.05, 4.69) is 10.2 Å². The minimum absolute atomic E-state index is 0.167. The van der Waals surface area contributed by atoms with E-state index in [0.717, 1.165) is 24.4 Å². The molecule has 1 saturated heterocycles. The van der Waals surface area contributed by atoms with Gasteiger partial charge in [0.2, 0.25) is 10.0 Å². The van der Waals surface area contributed by atoms with Crippen molar-refractivity contribution in [2.24, 2.45) is 5.92 Å². The van der Waals surface area contributed by atoms with E-state index >= 15 is 0 Å². The summed E-state index contributed by atoms with van der Waals surface area (Å²) >= 11 is 0. The maximum absolute atomic E-state index is 11.9. The first-order valence-corrected chi connectivity index (χ1v) is 9.13. The van der Waals surface area contributed by atoms with Crippen molar-refractivity contribution in [3.05, 3.63) is 42.5 Å². The molecule has 1 aromatic heterocycles. The topological polar surface area (TPSA) is 68.1 Å². The molecule has 1 atom stereocenters. The fourth-order valence-electron chi connectivity index (χ4n) is 2.86. The first-order valence-electron chi connectivity index (χ1n) is 7.52. The quantitative estimate of drug-likeness (QED) is 0.837. The molecular weight excluding hydrogens is 300 g/mol. The van der Waals surface area contributed by atoms with Crippen molar-refractivity contribution in [3.8, 4) is 5.69 Å². The van der Waals surface area contributed by atoms with Crippen LogP contribution in [0.5, 0.6) is 0 Å². The van der Waals surface area contributed by atoms with Crippen LogP contribution in [0.4, 0.5) is 0 Å². The van der Waals surface area contributed by atoms with E-state index in [1.807, 2.05) is 34.9 Å². The highest BCUT2D eigenvalue weighted by Gasteiger charge is 2.31. The lowest BCUT2D eigenvalue weighted by atomic mass is 10.0. The molecule has 6 nitrogen and oxygen atoms in total. The summed E-state index contributed by atoms with van der Waals surface area (Å²) in [6, 6.07) is 9.94. The van der Waals surface area contributed by atoms with E-state index < -0.39 is 10.0 Å². The third kappa shape index (κ3) is 3.05. The summed E-state index contributed by atoms with van der Waals surface area (Å²) in [4.78, 5) is 0. The Hall–Kier alpha value is -1.73. The van der Waals surface area contributed by atoms with Gasteiger partial charge in [0.05, 0.1) is 5.75 Å². The summed E-state index contributed by atoms with van der Waals surface area (Å²) < 4.78 is 27.4. The van der Waals surface area contributed by atoms with Gasteiger partial charge in [-0.05, 0) is 31.4 Å². The Bertz CT molecular complexity index is 727. The lowest BCUT2D eigenvalue weighted by molar-refractivity contribution is 0.453. The lowest BCUT2D eigenvalue weighted by Crippen LogP contribution is -2.30. The van der Waals surface area contributed by atoms with Crippen LogP contribution < -0.4 is 0 Å². The van der Waals surface area contributed by atoms with Gasteiger partial charge in [0.1, 0.15) is 12.2 Å². The molecule has 2 heterocycles. The van der Waals surface area contributed by atoms with Crippen molar-refractivity contribution in [3.63, 3.8) is 0 Å². The van der Waals surface area contributed by atoms with E-state index in [1.54, 1.807) is 17.6 Å². The molecule has 0 saturated carbocycles. The zero-order valence-corrected chi connectivity index (χ0v) is 13.4. The third-order valence-corrected chi connectivity index (χ3v) is 5.98. The van der Waals surface area contributed by atoms with Crippen LogP contribution >= 0.6 is 0 Å². The maximum atomic E-state index is 11.9. The molecule has 1 aliphatic heterocycles. The summed E-state index contributed by atoms with van der Waals surface area (Å²) in [5.74, 6) is 1.35. The number of nitrogens with zero attached hydrogens (tertiary/aromatic N) is 4. The number of rotatable bonds is 5. The van der Waals surface area contributed by atoms with Crippen LogP contribution in [0.2, 0.25) is 0 Å². The second kappa shape index (κ2) is 6.18. The Morgan fingerprint density at radius 1 is 1.27 bits per heavy atom. The zero-order chi connectivity index (χ0) is 15.6. The molecular formula is C15H20N4O2S. The van der Waals surface area contributed by atoms with Crippen LogP contribution in [0.15, 0.2) is 36.7 Å². The van der Waals surface area contributed by atoms with Gasteiger partial charge in [-0.25, -0.2) is 12.7 Å². The Labute approximate surface area is 130 Å². The summed E-state index contributed by atoms with van der Waals surface area (Å²) in [7, 11) is -3.08. The second-order valence-corrected chi connectivity index (χ2v) is 7.83. The second-order valence-electron chi connectivity index (χ2n) is 5.57. The third-order valence-electron chi connectivity index (χ3n) is 4.13. The first-order chi connectivity index (χ1) is 10.6.